The maximum Gasteiger partial charge on any atom is 0.137 e. The molecular formula is C17H19NO2. The molecule has 0 amide bonds. The number of rotatable bonds is 4. The van der Waals surface area contributed by atoms with Crippen LogP contribution >= 0.6 is 0 Å². The second-order valence-corrected chi connectivity index (χ2v) is 5.08. The lowest BCUT2D eigenvalue weighted by Gasteiger charge is -2.12. The number of aryl methyl sites for hydroxylation is 2. The Labute approximate surface area is 118 Å². The summed E-state index contributed by atoms with van der Waals surface area (Å²) in [6.45, 7) is 6.95. The highest BCUT2D eigenvalue weighted by Crippen LogP contribution is 2.30. The van der Waals surface area contributed by atoms with E-state index in [4.69, 9.17) is 8.83 Å². The van der Waals surface area contributed by atoms with Crippen LogP contribution < -0.4 is 5.32 Å². The summed E-state index contributed by atoms with van der Waals surface area (Å²) in [6.07, 6.45) is 0. The Bertz CT molecular complexity index is 724. The highest BCUT2D eigenvalue weighted by Gasteiger charge is 2.21. The van der Waals surface area contributed by atoms with Crippen molar-refractivity contribution in [2.45, 2.75) is 26.8 Å². The summed E-state index contributed by atoms with van der Waals surface area (Å²) >= 11 is 0. The Morgan fingerprint density at radius 2 is 1.90 bits per heavy atom. The van der Waals surface area contributed by atoms with Crippen molar-refractivity contribution in [3.8, 4) is 0 Å². The predicted molar refractivity (Wildman–Crippen MR) is 79.9 cm³/mol. The second-order valence-electron chi connectivity index (χ2n) is 5.08. The standard InChI is InChI=1S/C17H19NO2/c1-4-18-16(14-9-8-12(3)19-14)15-10-13-7-5-6-11(2)17(13)20-15/h5-10,16,18H,4H2,1-3H3. The molecular weight excluding hydrogens is 250 g/mol. The molecule has 0 saturated heterocycles. The fraction of sp³-hybridized carbons (Fsp3) is 0.294. The maximum atomic E-state index is 6.05. The van der Waals surface area contributed by atoms with E-state index >= 15 is 0 Å². The van der Waals surface area contributed by atoms with E-state index in [1.807, 2.05) is 19.1 Å². The number of benzene rings is 1. The van der Waals surface area contributed by atoms with Gasteiger partial charge in [0.2, 0.25) is 0 Å². The summed E-state index contributed by atoms with van der Waals surface area (Å²) in [6, 6.07) is 12.2. The van der Waals surface area contributed by atoms with Crippen molar-refractivity contribution in [3.63, 3.8) is 0 Å². The summed E-state index contributed by atoms with van der Waals surface area (Å²) < 4.78 is 11.8. The summed E-state index contributed by atoms with van der Waals surface area (Å²) in [4.78, 5) is 0. The number of furan rings is 2. The SMILES string of the molecule is CCNC(c1ccc(C)o1)c1cc2cccc(C)c2o1. The Kier molecular flexibility index (Phi) is 3.36. The molecule has 0 fully saturated rings. The van der Waals surface area contributed by atoms with Crippen LogP contribution in [0.3, 0.4) is 0 Å². The molecule has 20 heavy (non-hydrogen) atoms. The van der Waals surface area contributed by atoms with E-state index < -0.39 is 0 Å². The highest BCUT2D eigenvalue weighted by atomic mass is 16.4. The molecule has 1 aromatic carbocycles. The van der Waals surface area contributed by atoms with Gasteiger partial charge in [-0.15, -0.1) is 0 Å². The van der Waals surface area contributed by atoms with Gasteiger partial charge in [-0.2, -0.15) is 0 Å². The largest absolute Gasteiger partial charge is 0.464 e. The van der Waals surface area contributed by atoms with Crippen LogP contribution in [0, 0.1) is 13.8 Å². The first-order valence-electron chi connectivity index (χ1n) is 6.98. The molecule has 0 bridgehead atoms. The van der Waals surface area contributed by atoms with Gasteiger partial charge < -0.3 is 14.2 Å². The first kappa shape index (κ1) is 13.0. The minimum Gasteiger partial charge on any atom is -0.464 e. The fourth-order valence-electron chi connectivity index (χ4n) is 2.53. The molecule has 1 unspecified atom stereocenters. The molecule has 3 heteroatoms. The zero-order chi connectivity index (χ0) is 14.1. The van der Waals surface area contributed by atoms with E-state index in [1.165, 1.54) is 0 Å². The van der Waals surface area contributed by atoms with Crippen molar-refractivity contribution < 1.29 is 8.83 Å². The number of nitrogens with one attached hydrogen (secondary N) is 1. The molecule has 3 nitrogen and oxygen atoms in total. The molecule has 104 valence electrons. The first-order chi connectivity index (χ1) is 9.69. The van der Waals surface area contributed by atoms with Crippen LogP contribution in [0.25, 0.3) is 11.0 Å². The smallest absolute Gasteiger partial charge is 0.137 e. The topological polar surface area (TPSA) is 38.3 Å². The summed E-state index contributed by atoms with van der Waals surface area (Å²) in [5.41, 5.74) is 2.10. The minimum atomic E-state index is -0.0412. The molecule has 2 heterocycles. The summed E-state index contributed by atoms with van der Waals surface area (Å²) in [7, 11) is 0. The van der Waals surface area contributed by atoms with Crippen LogP contribution in [0.5, 0.6) is 0 Å². The number of hydrogen-bond donors (Lipinski definition) is 1. The molecule has 1 N–H and O–H groups in total. The Balaban J connectivity index is 2.07. The zero-order valence-electron chi connectivity index (χ0n) is 12.1. The molecule has 0 aliphatic carbocycles. The van der Waals surface area contributed by atoms with Crippen molar-refractivity contribution in [2.75, 3.05) is 6.54 Å². The molecule has 3 aromatic rings. The van der Waals surface area contributed by atoms with E-state index in [1.54, 1.807) is 0 Å². The molecule has 3 rings (SSSR count). The van der Waals surface area contributed by atoms with Gasteiger partial charge in [-0.05, 0) is 44.2 Å². The van der Waals surface area contributed by atoms with Gasteiger partial charge in [0.1, 0.15) is 28.9 Å². The molecule has 0 aliphatic heterocycles. The van der Waals surface area contributed by atoms with Gasteiger partial charge in [0.05, 0.1) is 0 Å². The third-order valence-corrected chi connectivity index (χ3v) is 3.50. The van der Waals surface area contributed by atoms with Crippen LogP contribution in [0.15, 0.2) is 45.2 Å². The van der Waals surface area contributed by atoms with Crippen LogP contribution in [0.1, 0.15) is 35.8 Å². The first-order valence-corrected chi connectivity index (χ1v) is 6.98. The summed E-state index contributed by atoms with van der Waals surface area (Å²) in [5.74, 6) is 2.70. The van der Waals surface area contributed by atoms with Crippen molar-refractivity contribution in [2.24, 2.45) is 0 Å². The molecule has 0 radical (unpaired) electrons. The van der Waals surface area contributed by atoms with E-state index in [0.29, 0.717) is 0 Å². The van der Waals surface area contributed by atoms with E-state index in [-0.39, 0.29) is 6.04 Å². The van der Waals surface area contributed by atoms with Gasteiger partial charge in [-0.1, -0.05) is 25.1 Å². The Morgan fingerprint density at radius 1 is 1.05 bits per heavy atom. The van der Waals surface area contributed by atoms with Crippen molar-refractivity contribution in [1.82, 2.24) is 5.32 Å². The van der Waals surface area contributed by atoms with E-state index in [9.17, 15) is 0 Å². The second kappa shape index (κ2) is 5.17. The minimum absolute atomic E-state index is 0.0412. The lowest BCUT2D eigenvalue weighted by atomic mass is 10.1. The van der Waals surface area contributed by atoms with Gasteiger partial charge in [-0.3, -0.25) is 0 Å². The maximum absolute atomic E-state index is 6.05. The van der Waals surface area contributed by atoms with Gasteiger partial charge in [0.25, 0.3) is 0 Å². The third-order valence-electron chi connectivity index (χ3n) is 3.50. The van der Waals surface area contributed by atoms with Gasteiger partial charge in [0.15, 0.2) is 0 Å². The quantitative estimate of drug-likeness (QED) is 0.765. The average Bonchev–Trinajstić information content (AvgIpc) is 3.03. The predicted octanol–water partition coefficient (Wildman–Crippen LogP) is 4.34. The fourth-order valence-corrected chi connectivity index (χ4v) is 2.53. The average molecular weight is 269 g/mol. The molecule has 0 spiro atoms. The van der Waals surface area contributed by atoms with Crippen molar-refractivity contribution in [3.05, 3.63) is 59.2 Å². The van der Waals surface area contributed by atoms with Gasteiger partial charge >= 0.3 is 0 Å². The van der Waals surface area contributed by atoms with Crippen molar-refractivity contribution in [1.29, 1.82) is 0 Å². The van der Waals surface area contributed by atoms with Gasteiger partial charge in [-0.25, -0.2) is 0 Å². The lowest BCUT2D eigenvalue weighted by molar-refractivity contribution is 0.394. The van der Waals surface area contributed by atoms with Crippen LogP contribution in [0.4, 0.5) is 0 Å². The van der Waals surface area contributed by atoms with Crippen molar-refractivity contribution >= 4 is 11.0 Å². The zero-order valence-corrected chi connectivity index (χ0v) is 12.1. The number of para-hydroxylation sites is 1. The molecule has 0 aliphatic rings. The molecule has 0 saturated carbocycles. The monoisotopic (exact) mass is 269 g/mol. The van der Waals surface area contributed by atoms with Crippen LogP contribution in [0.2, 0.25) is 0 Å². The molecule has 2 aromatic heterocycles. The Morgan fingerprint density at radius 3 is 2.55 bits per heavy atom. The third kappa shape index (κ3) is 2.25. The van der Waals surface area contributed by atoms with E-state index in [0.717, 1.165) is 40.4 Å². The van der Waals surface area contributed by atoms with Crippen LogP contribution in [-0.2, 0) is 0 Å². The normalized spacial score (nSPS) is 12.9. The summed E-state index contributed by atoms with van der Waals surface area (Å²) in [5, 5.41) is 4.55. The number of fused-ring (bicyclic) bond motifs is 1. The Hall–Kier alpha value is -2.00. The van der Waals surface area contributed by atoms with E-state index in [2.05, 4.69) is 43.4 Å². The van der Waals surface area contributed by atoms with Gasteiger partial charge in [0, 0.05) is 5.39 Å². The number of hydrogen-bond acceptors (Lipinski definition) is 3. The van der Waals surface area contributed by atoms with Crippen LogP contribution in [-0.4, -0.2) is 6.54 Å². The highest BCUT2D eigenvalue weighted by molar-refractivity contribution is 5.81. The molecule has 1 atom stereocenters. The lowest BCUT2D eigenvalue weighted by Crippen LogP contribution is -2.20.